The highest BCUT2D eigenvalue weighted by Gasteiger charge is 2.41. The molecule has 0 saturated heterocycles. The van der Waals surface area contributed by atoms with Crippen LogP contribution in [0.15, 0.2) is 12.2 Å². The molecule has 0 aromatic carbocycles. The molecular weight excluding hydrogens is 222 g/mol. The van der Waals surface area contributed by atoms with Gasteiger partial charge in [-0.15, -0.1) is 0 Å². The molecule has 96 valence electrons. The van der Waals surface area contributed by atoms with Crippen LogP contribution >= 0.6 is 0 Å². The van der Waals surface area contributed by atoms with Gasteiger partial charge in [-0.3, -0.25) is 0 Å². The average Bonchev–Trinajstić information content (AvgIpc) is 2.63. The van der Waals surface area contributed by atoms with E-state index >= 15 is 0 Å². The zero-order valence-electron chi connectivity index (χ0n) is 10.7. The van der Waals surface area contributed by atoms with E-state index in [0.717, 1.165) is 6.42 Å². The number of alkyl carbamates (subject to hydrolysis) is 1. The number of carbonyl (C=O) groups is 2. The summed E-state index contributed by atoms with van der Waals surface area (Å²) in [5.74, 6) is -0.475. The predicted octanol–water partition coefficient (Wildman–Crippen LogP) is 1.77. The van der Waals surface area contributed by atoms with Gasteiger partial charge in [0.15, 0.2) is 5.54 Å². The molecule has 1 rings (SSSR count). The number of hydrogen-bond donors (Lipinski definition) is 1. The van der Waals surface area contributed by atoms with Crippen LogP contribution in [0.5, 0.6) is 0 Å². The SMILES string of the molecule is COC(=O)[C@@]1(NC(=O)OC(C)(C)C)C=CCC1. The van der Waals surface area contributed by atoms with E-state index in [-0.39, 0.29) is 0 Å². The smallest absolute Gasteiger partial charge is 0.408 e. The van der Waals surface area contributed by atoms with Crippen molar-refractivity contribution in [3.8, 4) is 0 Å². The Hall–Kier alpha value is -1.52. The monoisotopic (exact) mass is 241 g/mol. The fourth-order valence-electron chi connectivity index (χ4n) is 1.67. The van der Waals surface area contributed by atoms with E-state index in [9.17, 15) is 9.59 Å². The third kappa shape index (κ3) is 3.47. The maximum absolute atomic E-state index is 11.7. The van der Waals surface area contributed by atoms with Crippen LogP contribution in [0, 0.1) is 0 Å². The van der Waals surface area contributed by atoms with Crippen LogP contribution in [0.25, 0.3) is 0 Å². The summed E-state index contributed by atoms with van der Waals surface area (Å²) in [6.45, 7) is 5.30. The maximum atomic E-state index is 11.7. The number of ether oxygens (including phenoxy) is 2. The minimum Gasteiger partial charge on any atom is -0.467 e. The van der Waals surface area contributed by atoms with Gasteiger partial charge < -0.3 is 14.8 Å². The third-order valence-electron chi connectivity index (χ3n) is 2.38. The van der Waals surface area contributed by atoms with Crippen LogP contribution < -0.4 is 5.32 Å². The minimum absolute atomic E-state index is 0.475. The van der Waals surface area contributed by atoms with Gasteiger partial charge in [0, 0.05) is 0 Å². The lowest BCUT2D eigenvalue weighted by Crippen LogP contribution is -2.53. The zero-order chi connectivity index (χ0) is 13.1. The van der Waals surface area contributed by atoms with E-state index in [0.29, 0.717) is 6.42 Å². The van der Waals surface area contributed by atoms with Crippen molar-refractivity contribution in [3.63, 3.8) is 0 Å². The molecule has 0 bridgehead atoms. The summed E-state index contributed by atoms with van der Waals surface area (Å²) in [6.07, 6.45) is 4.11. The lowest BCUT2D eigenvalue weighted by atomic mass is 10.00. The second-order valence-corrected chi connectivity index (χ2v) is 5.03. The summed E-state index contributed by atoms with van der Waals surface area (Å²) >= 11 is 0. The van der Waals surface area contributed by atoms with Crippen LogP contribution in [0.3, 0.4) is 0 Å². The molecular formula is C12H19NO4. The molecule has 1 N–H and O–H groups in total. The van der Waals surface area contributed by atoms with E-state index in [1.54, 1.807) is 26.8 Å². The largest absolute Gasteiger partial charge is 0.467 e. The molecule has 1 amide bonds. The van der Waals surface area contributed by atoms with E-state index < -0.39 is 23.2 Å². The molecule has 0 spiro atoms. The van der Waals surface area contributed by atoms with Crippen molar-refractivity contribution in [2.45, 2.75) is 44.8 Å². The van der Waals surface area contributed by atoms with Gasteiger partial charge in [-0.05, 0) is 33.6 Å². The topological polar surface area (TPSA) is 64.6 Å². The maximum Gasteiger partial charge on any atom is 0.408 e. The summed E-state index contributed by atoms with van der Waals surface area (Å²) in [4.78, 5) is 23.4. The summed E-state index contributed by atoms with van der Waals surface area (Å²) < 4.78 is 9.84. The van der Waals surface area contributed by atoms with Crippen LogP contribution in [0.4, 0.5) is 4.79 Å². The van der Waals surface area contributed by atoms with Gasteiger partial charge in [0.1, 0.15) is 5.60 Å². The molecule has 1 aliphatic rings. The number of carbonyl (C=O) groups excluding carboxylic acids is 2. The molecule has 0 aromatic rings. The highest BCUT2D eigenvalue weighted by Crippen LogP contribution is 2.24. The predicted molar refractivity (Wildman–Crippen MR) is 62.5 cm³/mol. The van der Waals surface area contributed by atoms with Gasteiger partial charge in [0.05, 0.1) is 7.11 Å². The van der Waals surface area contributed by atoms with Gasteiger partial charge in [-0.1, -0.05) is 12.2 Å². The molecule has 5 nitrogen and oxygen atoms in total. The molecule has 0 radical (unpaired) electrons. The van der Waals surface area contributed by atoms with Gasteiger partial charge >= 0.3 is 12.1 Å². The van der Waals surface area contributed by atoms with Crippen molar-refractivity contribution in [1.82, 2.24) is 5.32 Å². The minimum atomic E-state index is -1.07. The molecule has 17 heavy (non-hydrogen) atoms. The Morgan fingerprint density at radius 2 is 2.00 bits per heavy atom. The number of allylic oxidation sites excluding steroid dienone is 1. The Balaban J connectivity index is 2.72. The number of hydrogen-bond acceptors (Lipinski definition) is 4. The zero-order valence-corrected chi connectivity index (χ0v) is 10.7. The summed E-state index contributed by atoms with van der Waals surface area (Å²) in [6, 6.07) is 0. The van der Waals surface area contributed by atoms with Crippen molar-refractivity contribution in [3.05, 3.63) is 12.2 Å². The molecule has 0 aromatic heterocycles. The Morgan fingerprint density at radius 3 is 2.41 bits per heavy atom. The molecule has 5 heteroatoms. The highest BCUT2D eigenvalue weighted by atomic mass is 16.6. The number of rotatable bonds is 2. The molecule has 0 aliphatic heterocycles. The first-order valence-electron chi connectivity index (χ1n) is 5.56. The summed E-state index contributed by atoms with van der Waals surface area (Å²) in [5, 5.41) is 2.58. The van der Waals surface area contributed by atoms with Gasteiger partial charge in [0.25, 0.3) is 0 Å². The summed E-state index contributed by atoms with van der Waals surface area (Å²) in [7, 11) is 1.30. The number of amides is 1. The molecule has 1 atom stereocenters. The van der Waals surface area contributed by atoms with Gasteiger partial charge in [-0.2, -0.15) is 0 Å². The lowest BCUT2D eigenvalue weighted by molar-refractivity contribution is -0.146. The normalized spacial score (nSPS) is 23.3. The Labute approximate surface area is 101 Å². The van der Waals surface area contributed by atoms with E-state index in [2.05, 4.69) is 5.32 Å². The van der Waals surface area contributed by atoms with Gasteiger partial charge in [-0.25, -0.2) is 9.59 Å². The van der Waals surface area contributed by atoms with Crippen molar-refractivity contribution in [2.24, 2.45) is 0 Å². The van der Waals surface area contributed by atoms with Crippen LogP contribution in [-0.4, -0.2) is 30.3 Å². The fraction of sp³-hybridized carbons (Fsp3) is 0.667. The fourth-order valence-corrected chi connectivity index (χ4v) is 1.67. The van der Waals surface area contributed by atoms with Crippen LogP contribution in [-0.2, 0) is 14.3 Å². The number of esters is 1. The first kappa shape index (κ1) is 13.5. The van der Waals surface area contributed by atoms with Crippen molar-refractivity contribution in [2.75, 3.05) is 7.11 Å². The molecule has 0 heterocycles. The number of methoxy groups -OCH3 is 1. The first-order chi connectivity index (χ1) is 7.79. The second kappa shape index (κ2) is 4.77. The Bertz CT molecular complexity index is 343. The van der Waals surface area contributed by atoms with Crippen molar-refractivity contribution in [1.29, 1.82) is 0 Å². The quantitative estimate of drug-likeness (QED) is 0.591. The van der Waals surface area contributed by atoms with Crippen LogP contribution in [0.2, 0.25) is 0 Å². The average molecular weight is 241 g/mol. The molecule has 0 fully saturated rings. The van der Waals surface area contributed by atoms with Crippen molar-refractivity contribution < 1.29 is 19.1 Å². The number of nitrogens with one attached hydrogen (secondary N) is 1. The molecule has 0 saturated carbocycles. The first-order valence-corrected chi connectivity index (χ1v) is 5.56. The van der Waals surface area contributed by atoms with Crippen LogP contribution in [0.1, 0.15) is 33.6 Å². The highest BCUT2D eigenvalue weighted by molar-refractivity contribution is 5.88. The standard InChI is InChI=1S/C12H19NO4/c1-11(2,3)17-10(15)13-12(9(14)16-4)7-5-6-8-12/h5,7H,6,8H2,1-4H3,(H,13,15)/t12-/m1/s1. The van der Waals surface area contributed by atoms with Gasteiger partial charge in [0.2, 0.25) is 0 Å². The Kier molecular flexibility index (Phi) is 3.80. The molecule has 0 unspecified atom stereocenters. The molecule has 1 aliphatic carbocycles. The van der Waals surface area contributed by atoms with Crippen molar-refractivity contribution >= 4 is 12.1 Å². The Morgan fingerprint density at radius 1 is 1.35 bits per heavy atom. The summed E-state index contributed by atoms with van der Waals surface area (Å²) in [5.41, 5.74) is -1.67. The second-order valence-electron chi connectivity index (χ2n) is 5.03. The van der Waals surface area contributed by atoms with E-state index in [1.165, 1.54) is 7.11 Å². The van der Waals surface area contributed by atoms with E-state index in [4.69, 9.17) is 9.47 Å². The van der Waals surface area contributed by atoms with E-state index in [1.807, 2.05) is 6.08 Å². The third-order valence-corrected chi connectivity index (χ3v) is 2.38. The lowest BCUT2D eigenvalue weighted by Gasteiger charge is -2.28.